The molecule has 0 amide bonds. The highest BCUT2D eigenvalue weighted by Crippen LogP contribution is 2.45. The van der Waals surface area contributed by atoms with Crippen LogP contribution in [0.4, 0.5) is 32.2 Å². The highest BCUT2D eigenvalue weighted by atomic mass is 32.2. The van der Waals surface area contributed by atoms with Gasteiger partial charge in [0.1, 0.15) is 34.9 Å². The number of aryl methyl sites for hydroxylation is 2. The van der Waals surface area contributed by atoms with Crippen LogP contribution in [0.2, 0.25) is 0 Å². The lowest BCUT2D eigenvalue weighted by Crippen LogP contribution is -2.39. The number of anilines is 1. The smallest absolute Gasteiger partial charge is 0.389 e. The van der Waals surface area contributed by atoms with Gasteiger partial charge in [-0.2, -0.15) is 21.6 Å². The van der Waals surface area contributed by atoms with Gasteiger partial charge < -0.3 is 14.4 Å². The molecule has 6 heterocycles. The fourth-order valence-electron chi connectivity index (χ4n) is 9.39. The third kappa shape index (κ3) is 7.22. The topological polar surface area (TPSA) is 87.7 Å². The highest BCUT2D eigenvalue weighted by molar-refractivity contribution is 7.88. The van der Waals surface area contributed by atoms with Crippen LogP contribution < -0.4 is 14.4 Å². The van der Waals surface area contributed by atoms with Crippen molar-refractivity contribution in [3.05, 3.63) is 71.7 Å². The summed E-state index contributed by atoms with van der Waals surface area (Å²) in [6.45, 7) is 7.43. The molecule has 3 atom stereocenters. The molecule has 8 nitrogen and oxygen atoms in total. The fraction of sp³-hybridized carbons (Fsp3) is 0.500. The van der Waals surface area contributed by atoms with Crippen LogP contribution in [0.1, 0.15) is 69.2 Å². The second-order valence-electron chi connectivity index (χ2n) is 15.6. The largest absolute Gasteiger partial charge is 0.534 e. The Kier molecular flexibility index (Phi) is 9.92. The van der Waals surface area contributed by atoms with Gasteiger partial charge in [0, 0.05) is 54.8 Å². The average molecular weight is 788 g/mol. The molecule has 0 radical (unpaired) electrons. The predicted octanol–water partition coefficient (Wildman–Crippen LogP) is 8.51. The summed E-state index contributed by atoms with van der Waals surface area (Å²) in [7, 11) is -6.09. The maximum atomic E-state index is 17.4. The Labute approximate surface area is 316 Å². The Morgan fingerprint density at radius 1 is 0.982 bits per heavy atom. The van der Waals surface area contributed by atoms with E-state index in [2.05, 4.69) is 25.9 Å². The Morgan fingerprint density at radius 2 is 1.82 bits per heavy atom. The first kappa shape index (κ1) is 37.8. The summed E-state index contributed by atoms with van der Waals surface area (Å²) in [5, 5.41) is 4.22. The first-order valence-electron chi connectivity index (χ1n) is 19.0. The quantitative estimate of drug-likeness (QED) is 0.123. The molecule has 4 aromatic rings. The van der Waals surface area contributed by atoms with Crippen molar-refractivity contribution in [1.82, 2.24) is 20.2 Å². The van der Waals surface area contributed by atoms with E-state index in [4.69, 9.17) is 9.97 Å². The monoisotopic (exact) mass is 787 g/mol. The molecule has 0 spiro atoms. The lowest BCUT2D eigenvalue weighted by molar-refractivity contribution is -0.0500. The zero-order valence-corrected chi connectivity index (χ0v) is 31.1. The minimum Gasteiger partial charge on any atom is -0.389 e. The van der Waals surface area contributed by atoms with Crippen molar-refractivity contribution < 1.29 is 38.9 Å². The molecule has 55 heavy (non-hydrogen) atoms. The summed E-state index contributed by atoms with van der Waals surface area (Å²) in [5.41, 5.74) is -5.24. The third-order valence-electron chi connectivity index (χ3n) is 12.0. The summed E-state index contributed by atoms with van der Waals surface area (Å²) in [4.78, 5) is 14.2. The molecule has 15 heteroatoms. The van der Waals surface area contributed by atoms with E-state index >= 15 is 8.78 Å². The normalized spacial score (nSPS) is 24.0. The molecular formula is C40H43F6N5O3S. The number of aromatic nitrogens is 2. The lowest BCUT2D eigenvalue weighted by Gasteiger charge is -2.35. The van der Waals surface area contributed by atoms with E-state index in [0.29, 0.717) is 81.2 Å². The molecule has 3 saturated heterocycles. The van der Waals surface area contributed by atoms with Crippen LogP contribution >= 0.6 is 0 Å². The number of allylic oxidation sites excluding steroid dienone is 1. The first-order chi connectivity index (χ1) is 26.2. The Balaban J connectivity index is 1.32. The van der Waals surface area contributed by atoms with E-state index < -0.39 is 39.2 Å². The molecule has 3 fully saturated rings. The van der Waals surface area contributed by atoms with E-state index in [-0.39, 0.29) is 44.9 Å². The number of alkyl halides is 4. The van der Waals surface area contributed by atoms with Crippen LogP contribution in [0.25, 0.3) is 32.8 Å². The first-order valence-corrected chi connectivity index (χ1v) is 20.4. The van der Waals surface area contributed by atoms with Gasteiger partial charge in [-0.05, 0) is 123 Å². The van der Waals surface area contributed by atoms with Crippen molar-refractivity contribution in [2.24, 2.45) is 5.92 Å². The standard InChI is InChI=1S/C40H43F6N5O3S/c1-24-5-2-7-30-33(42)11-8-26-19-28(54-55(52,53)40(44,45)46)20-32(35(26)30)29-9-10-31-37(36(29)43)48-34(12-15-39-14-4-18-51(39)23-27(41)21-39)49-38(31)50-17-3-6-25(22-50)13-16-47-24/h8-11,19-20,25,27,47H,1-7,12-18,21-23H2/t25?,27?,39-/m1/s1. The zero-order chi connectivity index (χ0) is 38.7. The van der Waals surface area contributed by atoms with Crippen LogP contribution in [-0.4, -0.2) is 73.2 Å². The molecule has 2 unspecified atom stereocenters. The summed E-state index contributed by atoms with van der Waals surface area (Å²) in [6, 6.07) is 7.67. The third-order valence-corrected chi connectivity index (χ3v) is 13.0. The van der Waals surface area contributed by atoms with Gasteiger partial charge in [0.25, 0.3) is 0 Å². The Hall–Kier alpha value is -4.11. The minimum absolute atomic E-state index is 0.0189. The number of piperidine rings is 1. The summed E-state index contributed by atoms with van der Waals surface area (Å²) in [5.74, 6) is -0.845. The van der Waals surface area contributed by atoms with Crippen molar-refractivity contribution in [2.75, 3.05) is 37.6 Å². The number of halogens is 6. The van der Waals surface area contributed by atoms with Gasteiger partial charge >= 0.3 is 15.6 Å². The molecule has 9 rings (SSSR count). The number of nitrogens with one attached hydrogen (secondary N) is 1. The molecule has 0 aliphatic carbocycles. The van der Waals surface area contributed by atoms with E-state index in [1.807, 2.05) is 0 Å². The molecular weight excluding hydrogens is 745 g/mol. The molecule has 0 saturated carbocycles. The summed E-state index contributed by atoms with van der Waals surface area (Å²) in [6.07, 6.45) is 6.24. The van der Waals surface area contributed by atoms with Gasteiger partial charge in [0.05, 0.1) is 0 Å². The van der Waals surface area contributed by atoms with E-state index in [9.17, 15) is 26.0 Å². The molecule has 5 aliphatic heterocycles. The number of hydrogen-bond donors (Lipinski definition) is 1. The van der Waals surface area contributed by atoms with Gasteiger partial charge in [-0.3, -0.25) is 4.90 Å². The van der Waals surface area contributed by atoms with Crippen LogP contribution in [0.3, 0.4) is 0 Å². The van der Waals surface area contributed by atoms with E-state index in [1.165, 1.54) is 12.1 Å². The van der Waals surface area contributed by atoms with Crippen molar-refractivity contribution in [3.8, 4) is 16.9 Å². The Morgan fingerprint density at radius 3 is 2.64 bits per heavy atom. The predicted molar refractivity (Wildman–Crippen MR) is 199 cm³/mol. The highest BCUT2D eigenvalue weighted by Gasteiger charge is 2.49. The maximum Gasteiger partial charge on any atom is 0.534 e. The van der Waals surface area contributed by atoms with Crippen LogP contribution in [0.5, 0.6) is 5.75 Å². The van der Waals surface area contributed by atoms with Crippen LogP contribution in [0.15, 0.2) is 48.7 Å². The minimum atomic E-state index is -6.09. The summed E-state index contributed by atoms with van der Waals surface area (Å²) >= 11 is 0. The van der Waals surface area contributed by atoms with Gasteiger partial charge in [-0.15, -0.1) is 0 Å². The van der Waals surface area contributed by atoms with Gasteiger partial charge in [-0.25, -0.2) is 23.1 Å². The second kappa shape index (κ2) is 14.4. The number of fused-ring (bicyclic) bond motifs is 8. The molecule has 294 valence electrons. The SMILES string of the molecule is C=C1CCCc2c(F)ccc3cc(OS(=O)(=O)C(F)(F)F)cc(c23)-c2ccc3c(nc(CC[C@@]45CCCN4CC(F)C5)nc3c2F)N2CCCC(CCN1)C2. The van der Waals surface area contributed by atoms with E-state index in [0.717, 1.165) is 62.5 Å². The van der Waals surface area contributed by atoms with Crippen LogP contribution in [-0.2, 0) is 23.0 Å². The Bertz CT molecular complexity index is 2270. The number of hydrogen-bond acceptors (Lipinski definition) is 8. The molecule has 1 aromatic heterocycles. The van der Waals surface area contributed by atoms with Gasteiger partial charge in [-0.1, -0.05) is 18.7 Å². The average Bonchev–Trinajstić information content (AvgIpc) is 3.66. The molecule has 5 aliphatic rings. The molecule has 1 N–H and O–H groups in total. The number of nitrogens with zero attached hydrogens (tertiary/aromatic N) is 4. The summed E-state index contributed by atoms with van der Waals surface area (Å²) < 4.78 is 117. The fourth-order valence-corrected chi connectivity index (χ4v) is 9.83. The van der Waals surface area contributed by atoms with Crippen molar-refractivity contribution in [3.63, 3.8) is 0 Å². The molecule has 6 bridgehead atoms. The maximum absolute atomic E-state index is 17.4. The zero-order valence-electron chi connectivity index (χ0n) is 30.3. The van der Waals surface area contributed by atoms with Crippen molar-refractivity contribution in [1.29, 1.82) is 0 Å². The van der Waals surface area contributed by atoms with Gasteiger partial charge in [0.15, 0.2) is 5.82 Å². The number of rotatable bonds is 5. The molecule has 3 aromatic carbocycles. The lowest BCUT2D eigenvalue weighted by atomic mass is 9.88. The van der Waals surface area contributed by atoms with E-state index in [1.54, 1.807) is 6.07 Å². The van der Waals surface area contributed by atoms with Crippen LogP contribution in [0, 0.1) is 17.6 Å². The number of benzene rings is 3. The van der Waals surface area contributed by atoms with Gasteiger partial charge in [0.2, 0.25) is 0 Å². The van der Waals surface area contributed by atoms with Crippen molar-refractivity contribution >= 4 is 37.6 Å². The van der Waals surface area contributed by atoms with Crippen molar-refractivity contribution in [2.45, 2.75) is 87.8 Å². The second-order valence-corrected chi connectivity index (χ2v) is 17.1.